The molecule has 0 aromatic rings. The van der Waals surface area contributed by atoms with Gasteiger partial charge in [-0.3, -0.25) is 0 Å². The molecule has 0 aromatic heterocycles. The van der Waals surface area contributed by atoms with Gasteiger partial charge in [0.05, 0.1) is 12.2 Å². The van der Waals surface area contributed by atoms with Gasteiger partial charge in [0.15, 0.2) is 0 Å². The molecule has 4 nitrogen and oxygen atoms in total. The van der Waals surface area contributed by atoms with Gasteiger partial charge in [-0.25, -0.2) is 0 Å². The highest BCUT2D eigenvalue weighted by Crippen LogP contribution is 2.24. The zero-order valence-corrected chi connectivity index (χ0v) is 15.8. The second-order valence-electron chi connectivity index (χ2n) is 6.54. The van der Waals surface area contributed by atoms with E-state index in [4.69, 9.17) is 4.74 Å². The molecule has 0 aromatic carbocycles. The molecular formula is C18H39N3O. The first-order chi connectivity index (χ1) is 10.7. The maximum atomic E-state index is 5.63. The van der Waals surface area contributed by atoms with Crippen LogP contribution in [-0.2, 0) is 4.74 Å². The predicted octanol–water partition coefficient (Wildman–Crippen LogP) is 2.58. The molecule has 4 aliphatic heterocycles. The number of rotatable bonds is 0. The number of ether oxygens (including phenoxy) is 1. The topological polar surface area (TPSA) is 27.7 Å². The van der Waals surface area contributed by atoms with Crippen LogP contribution in [0.1, 0.15) is 53.4 Å². The van der Waals surface area contributed by atoms with Crippen LogP contribution in [0.2, 0.25) is 0 Å². The molecule has 4 saturated heterocycles. The number of likely N-dealkylation sites (tertiary alicyclic amines) is 2. The summed E-state index contributed by atoms with van der Waals surface area (Å²) in [6.07, 6.45) is 6.50. The molecule has 0 aliphatic carbocycles. The van der Waals surface area contributed by atoms with Crippen molar-refractivity contribution in [3.05, 3.63) is 0 Å². The van der Waals surface area contributed by atoms with E-state index in [1.54, 1.807) is 0 Å². The first-order valence-electron chi connectivity index (χ1n) is 9.47. The number of morpholine rings is 1. The SMILES string of the molecule is CC.CC.CN1CC2CCC(C1)N2.CN1CC2CCC(C1)O2. The number of likely N-dealkylation sites (N-methyl/N-ethyl adjacent to an activating group) is 2. The zero-order chi connectivity index (χ0) is 16.5. The fraction of sp³-hybridized carbons (Fsp3) is 1.00. The van der Waals surface area contributed by atoms with Gasteiger partial charge in [-0.2, -0.15) is 0 Å². The summed E-state index contributed by atoms with van der Waals surface area (Å²) in [6, 6.07) is 1.63. The van der Waals surface area contributed by atoms with Gasteiger partial charge in [-0.1, -0.05) is 27.7 Å². The van der Waals surface area contributed by atoms with Gasteiger partial charge in [0.2, 0.25) is 0 Å². The van der Waals surface area contributed by atoms with Gasteiger partial charge < -0.3 is 19.9 Å². The highest BCUT2D eigenvalue weighted by Gasteiger charge is 2.31. The second kappa shape index (κ2) is 10.6. The maximum Gasteiger partial charge on any atom is 0.0707 e. The summed E-state index contributed by atoms with van der Waals surface area (Å²) in [5, 5.41) is 3.58. The molecule has 0 radical (unpaired) electrons. The maximum absolute atomic E-state index is 5.63. The van der Waals surface area contributed by atoms with Gasteiger partial charge in [0.1, 0.15) is 0 Å². The van der Waals surface area contributed by atoms with Gasteiger partial charge >= 0.3 is 0 Å². The van der Waals surface area contributed by atoms with Crippen molar-refractivity contribution in [2.45, 2.75) is 77.7 Å². The van der Waals surface area contributed by atoms with Crippen molar-refractivity contribution in [1.29, 1.82) is 0 Å². The molecule has 1 N–H and O–H groups in total. The summed E-state index contributed by atoms with van der Waals surface area (Å²) in [6.45, 7) is 12.8. The van der Waals surface area contributed by atoms with Crippen LogP contribution in [0.5, 0.6) is 0 Å². The molecule has 22 heavy (non-hydrogen) atoms. The largest absolute Gasteiger partial charge is 0.372 e. The van der Waals surface area contributed by atoms with Crippen LogP contribution in [0.4, 0.5) is 0 Å². The average Bonchev–Trinajstić information content (AvgIpc) is 3.05. The molecule has 4 heterocycles. The van der Waals surface area contributed by atoms with E-state index in [0.717, 1.165) is 25.2 Å². The summed E-state index contributed by atoms with van der Waals surface area (Å²) >= 11 is 0. The molecule has 132 valence electrons. The predicted molar refractivity (Wildman–Crippen MR) is 95.5 cm³/mol. The molecule has 4 rings (SSSR count). The van der Waals surface area contributed by atoms with Crippen LogP contribution in [-0.4, -0.2) is 74.4 Å². The Bertz CT molecular complexity index is 236. The van der Waals surface area contributed by atoms with Crippen molar-refractivity contribution in [1.82, 2.24) is 15.1 Å². The van der Waals surface area contributed by atoms with E-state index in [0.29, 0.717) is 12.2 Å². The zero-order valence-electron chi connectivity index (χ0n) is 15.8. The van der Waals surface area contributed by atoms with Crippen LogP contribution >= 0.6 is 0 Å². The quantitative estimate of drug-likeness (QED) is 0.744. The highest BCUT2D eigenvalue weighted by atomic mass is 16.5. The molecule has 4 atom stereocenters. The minimum atomic E-state index is 0.564. The summed E-state index contributed by atoms with van der Waals surface area (Å²) < 4.78 is 5.63. The third-order valence-corrected chi connectivity index (χ3v) is 4.63. The van der Waals surface area contributed by atoms with Gasteiger partial charge in [-0.15, -0.1) is 0 Å². The summed E-state index contributed by atoms with van der Waals surface area (Å²) in [5.74, 6) is 0. The molecular weight excluding hydrogens is 274 g/mol. The first-order valence-corrected chi connectivity index (χ1v) is 9.47. The Balaban J connectivity index is 0.000000180. The smallest absolute Gasteiger partial charge is 0.0707 e. The van der Waals surface area contributed by atoms with Crippen molar-refractivity contribution in [3.8, 4) is 0 Å². The molecule has 4 fully saturated rings. The fourth-order valence-corrected chi connectivity index (χ4v) is 3.84. The lowest BCUT2D eigenvalue weighted by Gasteiger charge is -2.29. The van der Waals surface area contributed by atoms with Crippen molar-refractivity contribution in [2.75, 3.05) is 40.3 Å². The van der Waals surface area contributed by atoms with Crippen molar-refractivity contribution >= 4 is 0 Å². The lowest BCUT2D eigenvalue weighted by Crippen LogP contribution is -2.49. The van der Waals surface area contributed by atoms with Gasteiger partial charge in [0, 0.05) is 38.3 Å². The summed E-state index contributed by atoms with van der Waals surface area (Å²) in [7, 11) is 4.39. The number of piperazine rings is 1. The standard InChI is InChI=1S/C7H14N2.C7H13NO.2C2H6/c1-9-4-6-2-3-7(5-9)8-6;1-8-4-6-2-3-7(5-8)9-6;2*1-2/h6-8H,2-5H2,1H3;6-7H,2-5H2,1H3;2*1-2H3. The van der Waals surface area contributed by atoms with Crippen LogP contribution in [0.3, 0.4) is 0 Å². The summed E-state index contributed by atoms with van der Waals surface area (Å²) in [4.78, 5) is 4.80. The third-order valence-electron chi connectivity index (χ3n) is 4.63. The third kappa shape index (κ3) is 6.15. The molecule has 4 heteroatoms. The Morgan fingerprint density at radius 2 is 1.09 bits per heavy atom. The molecule has 0 amide bonds. The monoisotopic (exact) mass is 313 g/mol. The van der Waals surface area contributed by atoms with Crippen molar-refractivity contribution < 1.29 is 4.74 Å². The van der Waals surface area contributed by atoms with E-state index < -0.39 is 0 Å². The number of nitrogens with zero attached hydrogens (tertiary/aromatic N) is 2. The van der Waals surface area contributed by atoms with Crippen LogP contribution in [0, 0.1) is 0 Å². The number of nitrogens with one attached hydrogen (secondary N) is 1. The minimum Gasteiger partial charge on any atom is -0.372 e. The molecule has 0 saturated carbocycles. The first kappa shape index (κ1) is 19.9. The highest BCUT2D eigenvalue weighted by molar-refractivity contribution is 4.91. The van der Waals surface area contributed by atoms with Gasteiger partial charge in [-0.05, 0) is 39.8 Å². The summed E-state index contributed by atoms with van der Waals surface area (Å²) in [5.41, 5.74) is 0. The Morgan fingerprint density at radius 1 is 0.682 bits per heavy atom. The molecule has 4 unspecified atom stereocenters. The lowest BCUT2D eigenvalue weighted by atomic mass is 10.2. The van der Waals surface area contributed by atoms with Crippen LogP contribution in [0.15, 0.2) is 0 Å². The van der Waals surface area contributed by atoms with Crippen LogP contribution in [0.25, 0.3) is 0 Å². The molecule has 0 spiro atoms. The number of hydrogen-bond donors (Lipinski definition) is 1. The van der Waals surface area contributed by atoms with E-state index in [2.05, 4.69) is 29.2 Å². The lowest BCUT2D eigenvalue weighted by molar-refractivity contribution is -0.0293. The number of hydrogen-bond acceptors (Lipinski definition) is 4. The molecule has 4 bridgehead atoms. The van der Waals surface area contributed by atoms with E-state index in [9.17, 15) is 0 Å². The number of fused-ring (bicyclic) bond motifs is 4. The Labute approximate surface area is 138 Å². The average molecular weight is 314 g/mol. The normalized spacial score (nSPS) is 36.3. The molecule has 4 aliphatic rings. The Hall–Kier alpha value is -0.160. The fourth-order valence-electron chi connectivity index (χ4n) is 3.84. The van der Waals surface area contributed by atoms with E-state index >= 15 is 0 Å². The Morgan fingerprint density at radius 3 is 1.55 bits per heavy atom. The van der Waals surface area contributed by atoms with Crippen LogP contribution < -0.4 is 5.32 Å². The van der Waals surface area contributed by atoms with E-state index in [1.807, 2.05) is 27.7 Å². The Kier molecular flexibility index (Phi) is 9.57. The van der Waals surface area contributed by atoms with Crippen molar-refractivity contribution in [3.63, 3.8) is 0 Å². The van der Waals surface area contributed by atoms with Gasteiger partial charge in [0.25, 0.3) is 0 Å². The van der Waals surface area contributed by atoms with E-state index in [-0.39, 0.29) is 0 Å². The van der Waals surface area contributed by atoms with E-state index in [1.165, 1.54) is 38.8 Å². The minimum absolute atomic E-state index is 0.564. The van der Waals surface area contributed by atoms with Crippen molar-refractivity contribution in [2.24, 2.45) is 0 Å². The second-order valence-corrected chi connectivity index (χ2v) is 6.54.